The summed E-state index contributed by atoms with van der Waals surface area (Å²) in [6.45, 7) is 0. The summed E-state index contributed by atoms with van der Waals surface area (Å²) in [7, 11) is 0. The first-order valence-electron chi connectivity index (χ1n) is 9.37. The molecule has 1 unspecified atom stereocenters. The third-order valence-corrected chi connectivity index (χ3v) is 5.92. The van der Waals surface area contributed by atoms with E-state index < -0.39 is 4.92 Å². The molecule has 0 saturated carbocycles. The minimum Gasteiger partial charge on any atom is -0.310 e. The molecule has 0 saturated heterocycles. The number of nitrogens with one attached hydrogen (secondary N) is 1. The second-order valence-electron chi connectivity index (χ2n) is 7.02. The van der Waals surface area contributed by atoms with Gasteiger partial charge in [-0.05, 0) is 34.5 Å². The number of anilines is 1. The summed E-state index contributed by atoms with van der Waals surface area (Å²) >= 11 is 1.60. The number of amides is 1. The van der Waals surface area contributed by atoms with E-state index in [9.17, 15) is 14.9 Å². The van der Waals surface area contributed by atoms with Crippen molar-refractivity contribution in [3.63, 3.8) is 0 Å². The number of carbonyl (C=O) groups is 1. The summed E-state index contributed by atoms with van der Waals surface area (Å²) in [6, 6.07) is 18.0. The van der Waals surface area contributed by atoms with Gasteiger partial charge in [0, 0.05) is 35.6 Å². The van der Waals surface area contributed by atoms with Gasteiger partial charge in [-0.25, -0.2) is 4.68 Å². The monoisotopic (exact) mass is 416 g/mol. The fourth-order valence-electron chi connectivity index (χ4n) is 3.82. The molecule has 1 aliphatic rings. The number of fused-ring (bicyclic) bond motifs is 1. The Morgan fingerprint density at radius 3 is 2.53 bits per heavy atom. The second-order valence-corrected chi connectivity index (χ2v) is 7.80. The van der Waals surface area contributed by atoms with Crippen LogP contribution in [0.5, 0.6) is 0 Å². The fraction of sp³-hybridized carbons (Fsp3) is 0.0909. The molecule has 2 aromatic heterocycles. The SMILES string of the molecule is O=C1CC(c2ccsc2)c2c(-c3ccccc3)nn(-c3ccc([N+](=O)[O-])cc3)c2N1. The fourth-order valence-corrected chi connectivity index (χ4v) is 4.53. The van der Waals surface area contributed by atoms with Gasteiger partial charge in [0.05, 0.1) is 16.3 Å². The third kappa shape index (κ3) is 3.07. The van der Waals surface area contributed by atoms with E-state index in [-0.39, 0.29) is 17.5 Å². The minimum absolute atomic E-state index is 0.00300. The van der Waals surface area contributed by atoms with Crippen LogP contribution in [0.1, 0.15) is 23.5 Å². The number of non-ortho nitro benzene ring substituents is 1. The zero-order chi connectivity index (χ0) is 20.7. The van der Waals surface area contributed by atoms with Crippen LogP contribution >= 0.6 is 11.3 Å². The van der Waals surface area contributed by atoms with E-state index >= 15 is 0 Å². The maximum atomic E-state index is 12.6. The van der Waals surface area contributed by atoms with Crippen molar-refractivity contribution in [3.8, 4) is 16.9 Å². The Hall–Kier alpha value is -3.78. The van der Waals surface area contributed by atoms with Gasteiger partial charge in [0.2, 0.25) is 5.91 Å². The summed E-state index contributed by atoms with van der Waals surface area (Å²) < 4.78 is 1.66. The highest BCUT2D eigenvalue weighted by Crippen LogP contribution is 2.44. The van der Waals surface area contributed by atoms with E-state index in [0.717, 1.165) is 22.4 Å². The van der Waals surface area contributed by atoms with Gasteiger partial charge in [-0.1, -0.05) is 30.3 Å². The van der Waals surface area contributed by atoms with Crippen molar-refractivity contribution in [2.45, 2.75) is 12.3 Å². The smallest absolute Gasteiger partial charge is 0.269 e. The minimum atomic E-state index is -0.438. The average Bonchev–Trinajstić information content (AvgIpc) is 3.42. The average molecular weight is 416 g/mol. The van der Waals surface area contributed by atoms with Crippen molar-refractivity contribution in [1.29, 1.82) is 0 Å². The van der Waals surface area contributed by atoms with Gasteiger partial charge in [-0.3, -0.25) is 14.9 Å². The number of nitro groups is 1. The maximum Gasteiger partial charge on any atom is 0.269 e. The predicted octanol–water partition coefficient (Wildman–Crippen LogP) is 4.98. The summed E-state index contributed by atoms with van der Waals surface area (Å²) in [5, 5.41) is 22.9. The Morgan fingerprint density at radius 2 is 1.87 bits per heavy atom. The lowest BCUT2D eigenvalue weighted by Gasteiger charge is -2.24. The summed E-state index contributed by atoms with van der Waals surface area (Å²) in [5.74, 6) is 0.415. The highest BCUT2D eigenvalue weighted by molar-refractivity contribution is 7.08. The Morgan fingerprint density at radius 1 is 1.10 bits per heavy atom. The first-order valence-corrected chi connectivity index (χ1v) is 10.3. The Kier molecular flexibility index (Phi) is 4.40. The van der Waals surface area contributed by atoms with E-state index in [1.807, 2.05) is 41.8 Å². The molecular formula is C22H16N4O3S. The quantitative estimate of drug-likeness (QED) is 0.375. The van der Waals surface area contributed by atoms with Crippen LogP contribution < -0.4 is 5.32 Å². The predicted molar refractivity (Wildman–Crippen MR) is 115 cm³/mol. The van der Waals surface area contributed by atoms with E-state index in [1.165, 1.54) is 12.1 Å². The number of hydrogen-bond donors (Lipinski definition) is 1. The van der Waals surface area contributed by atoms with Gasteiger partial charge in [0.1, 0.15) is 5.82 Å². The third-order valence-electron chi connectivity index (χ3n) is 5.22. The lowest BCUT2D eigenvalue weighted by molar-refractivity contribution is -0.384. The molecular weight excluding hydrogens is 400 g/mol. The molecule has 5 rings (SSSR count). The Bertz CT molecular complexity index is 1230. The van der Waals surface area contributed by atoms with Crippen molar-refractivity contribution < 1.29 is 9.72 Å². The second kappa shape index (κ2) is 7.23. The van der Waals surface area contributed by atoms with E-state index in [2.05, 4.69) is 10.7 Å². The highest BCUT2D eigenvalue weighted by atomic mass is 32.1. The molecule has 0 radical (unpaired) electrons. The molecule has 8 heteroatoms. The van der Waals surface area contributed by atoms with E-state index in [1.54, 1.807) is 28.2 Å². The molecule has 0 spiro atoms. The summed E-state index contributed by atoms with van der Waals surface area (Å²) in [5.41, 5.74) is 4.42. The van der Waals surface area contributed by atoms with Crippen molar-refractivity contribution >= 4 is 28.7 Å². The lowest BCUT2D eigenvalue weighted by Crippen LogP contribution is -2.24. The van der Waals surface area contributed by atoms with Crippen LogP contribution in [-0.2, 0) is 4.79 Å². The van der Waals surface area contributed by atoms with Gasteiger partial charge < -0.3 is 5.32 Å². The van der Waals surface area contributed by atoms with Crippen molar-refractivity contribution in [3.05, 3.63) is 92.7 Å². The summed E-state index contributed by atoms with van der Waals surface area (Å²) in [4.78, 5) is 23.1. The number of carbonyl (C=O) groups excluding carboxylic acids is 1. The van der Waals surface area contributed by atoms with Crippen molar-refractivity contribution in [2.75, 3.05) is 5.32 Å². The van der Waals surface area contributed by atoms with Gasteiger partial charge in [-0.2, -0.15) is 16.4 Å². The van der Waals surface area contributed by atoms with Crippen LogP contribution in [0, 0.1) is 10.1 Å². The van der Waals surface area contributed by atoms with Crippen molar-refractivity contribution in [1.82, 2.24) is 9.78 Å². The molecule has 3 heterocycles. The number of nitro benzene ring substituents is 1. The number of benzene rings is 2. The number of aromatic nitrogens is 2. The Labute approximate surface area is 175 Å². The van der Waals surface area contributed by atoms with Gasteiger partial charge in [0.25, 0.3) is 5.69 Å². The number of rotatable bonds is 4. The molecule has 4 aromatic rings. The topological polar surface area (TPSA) is 90.1 Å². The van der Waals surface area contributed by atoms with E-state index in [0.29, 0.717) is 17.9 Å². The molecule has 0 fully saturated rings. The molecule has 2 aromatic carbocycles. The van der Waals surface area contributed by atoms with Gasteiger partial charge in [-0.15, -0.1) is 0 Å². The van der Waals surface area contributed by atoms with Crippen LogP contribution in [0.4, 0.5) is 11.5 Å². The standard InChI is InChI=1S/C22H16N4O3S/c27-19-12-18(15-10-11-30-13-15)20-21(14-4-2-1-3-5-14)24-25(22(20)23-19)16-6-8-17(9-7-16)26(28)29/h1-11,13,18H,12H2,(H,23,27). The molecule has 1 atom stereocenters. The molecule has 7 nitrogen and oxygen atoms in total. The van der Waals surface area contributed by atoms with E-state index in [4.69, 9.17) is 5.10 Å². The zero-order valence-corrected chi connectivity index (χ0v) is 16.5. The summed E-state index contributed by atoms with van der Waals surface area (Å²) in [6.07, 6.45) is 0.343. The molecule has 0 bridgehead atoms. The molecule has 1 aliphatic heterocycles. The first kappa shape index (κ1) is 18.3. The normalized spacial score (nSPS) is 15.5. The number of nitrogens with zero attached hydrogens (tertiary/aromatic N) is 3. The van der Waals surface area contributed by atoms with Crippen LogP contribution in [0.3, 0.4) is 0 Å². The van der Waals surface area contributed by atoms with Crippen LogP contribution in [0.25, 0.3) is 16.9 Å². The zero-order valence-electron chi connectivity index (χ0n) is 15.7. The van der Waals surface area contributed by atoms with Gasteiger partial charge in [0.15, 0.2) is 0 Å². The molecule has 30 heavy (non-hydrogen) atoms. The molecule has 0 aliphatic carbocycles. The van der Waals surface area contributed by atoms with Crippen LogP contribution in [0.15, 0.2) is 71.4 Å². The molecule has 1 amide bonds. The highest BCUT2D eigenvalue weighted by Gasteiger charge is 2.34. The number of thiophene rings is 1. The maximum absolute atomic E-state index is 12.6. The van der Waals surface area contributed by atoms with Crippen LogP contribution in [-0.4, -0.2) is 20.6 Å². The largest absolute Gasteiger partial charge is 0.310 e. The molecule has 1 N–H and O–H groups in total. The Balaban J connectivity index is 1.73. The van der Waals surface area contributed by atoms with Gasteiger partial charge >= 0.3 is 0 Å². The van der Waals surface area contributed by atoms with Crippen molar-refractivity contribution in [2.24, 2.45) is 0 Å². The lowest BCUT2D eigenvalue weighted by atomic mass is 9.86. The van der Waals surface area contributed by atoms with Crippen LogP contribution in [0.2, 0.25) is 0 Å². The number of hydrogen-bond acceptors (Lipinski definition) is 5. The molecule has 148 valence electrons. The first-order chi connectivity index (χ1) is 14.6.